The molecule has 0 aliphatic carbocycles. The summed E-state index contributed by atoms with van der Waals surface area (Å²) in [6.07, 6.45) is 3.26. The third-order valence-electron chi connectivity index (χ3n) is 4.20. The zero-order chi connectivity index (χ0) is 19.3. The van der Waals surface area contributed by atoms with Crippen molar-refractivity contribution in [2.45, 2.75) is 19.8 Å². The Morgan fingerprint density at radius 2 is 1.69 bits per heavy atom. The number of dihydropyridines is 1. The highest BCUT2D eigenvalue weighted by Crippen LogP contribution is 2.38. The van der Waals surface area contributed by atoms with Gasteiger partial charge in [-0.15, -0.1) is 0 Å². The van der Waals surface area contributed by atoms with Crippen LogP contribution in [-0.2, 0) is 19.1 Å². The SMILES string of the molecule is COC(=O)C1=C(C)NC(C)=C(C(=O)OCCN(C)C)C1c1ccncc1. The Bertz CT molecular complexity index is 738. The second kappa shape index (κ2) is 8.62. The first-order valence-corrected chi connectivity index (χ1v) is 8.35. The minimum absolute atomic E-state index is 0.266. The largest absolute Gasteiger partial charge is 0.466 e. The van der Waals surface area contributed by atoms with Gasteiger partial charge in [-0.2, -0.15) is 0 Å². The highest BCUT2D eigenvalue weighted by Gasteiger charge is 2.37. The molecule has 0 saturated carbocycles. The van der Waals surface area contributed by atoms with Crippen LogP contribution in [0.25, 0.3) is 0 Å². The number of likely N-dealkylation sites (N-methyl/N-ethyl adjacent to an activating group) is 1. The number of rotatable bonds is 6. The lowest BCUT2D eigenvalue weighted by Crippen LogP contribution is -2.33. The maximum absolute atomic E-state index is 12.8. The van der Waals surface area contributed by atoms with E-state index in [0.717, 1.165) is 5.56 Å². The Labute approximate surface area is 153 Å². The molecule has 1 aromatic heterocycles. The zero-order valence-corrected chi connectivity index (χ0v) is 15.8. The van der Waals surface area contributed by atoms with Crippen molar-refractivity contribution in [3.63, 3.8) is 0 Å². The fourth-order valence-electron chi connectivity index (χ4n) is 2.93. The van der Waals surface area contributed by atoms with Crippen molar-refractivity contribution in [1.82, 2.24) is 15.2 Å². The van der Waals surface area contributed by atoms with Gasteiger partial charge >= 0.3 is 11.9 Å². The Hall–Kier alpha value is -2.67. The number of nitrogens with zero attached hydrogens (tertiary/aromatic N) is 2. The van der Waals surface area contributed by atoms with Gasteiger partial charge in [0, 0.05) is 30.3 Å². The summed E-state index contributed by atoms with van der Waals surface area (Å²) in [4.78, 5) is 31.2. The van der Waals surface area contributed by atoms with Crippen LogP contribution in [0.2, 0.25) is 0 Å². The summed E-state index contributed by atoms with van der Waals surface area (Å²) in [7, 11) is 5.13. The monoisotopic (exact) mass is 359 g/mol. The molecule has 0 spiro atoms. The van der Waals surface area contributed by atoms with E-state index in [1.807, 2.05) is 19.0 Å². The van der Waals surface area contributed by atoms with Crippen LogP contribution in [0.15, 0.2) is 47.1 Å². The standard InChI is InChI=1S/C19H25N3O4/c1-12-15(18(23)25-5)17(14-6-8-20-9-7-14)16(13(2)21-12)19(24)26-11-10-22(3)4/h6-9,17,21H,10-11H2,1-5H3. The molecule has 2 rings (SSSR count). The lowest BCUT2D eigenvalue weighted by Gasteiger charge is -2.30. The van der Waals surface area contributed by atoms with Gasteiger partial charge in [0.25, 0.3) is 0 Å². The Morgan fingerprint density at radius 3 is 2.23 bits per heavy atom. The second-order valence-electron chi connectivity index (χ2n) is 6.35. The predicted molar refractivity (Wildman–Crippen MR) is 97.0 cm³/mol. The lowest BCUT2D eigenvalue weighted by molar-refractivity contribution is -0.139. The van der Waals surface area contributed by atoms with Crippen molar-refractivity contribution in [3.05, 3.63) is 52.6 Å². The van der Waals surface area contributed by atoms with E-state index in [1.54, 1.807) is 38.4 Å². The molecule has 0 bridgehead atoms. The van der Waals surface area contributed by atoms with Crippen molar-refractivity contribution in [2.75, 3.05) is 34.4 Å². The van der Waals surface area contributed by atoms with Crippen LogP contribution in [-0.4, -0.2) is 56.2 Å². The van der Waals surface area contributed by atoms with Crippen molar-refractivity contribution < 1.29 is 19.1 Å². The van der Waals surface area contributed by atoms with Crippen LogP contribution in [0, 0.1) is 0 Å². The lowest BCUT2D eigenvalue weighted by atomic mass is 9.81. The number of ether oxygens (including phenoxy) is 2. The fraction of sp³-hybridized carbons (Fsp3) is 0.421. The summed E-state index contributed by atoms with van der Waals surface area (Å²) in [5.41, 5.74) is 2.89. The van der Waals surface area contributed by atoms with Gasteiger partial charge in [-0.05, 0) is 45.6 Å². The summed E-state index contributed by atoms with van der Waals surface area (Å²) in [6.45, 7) is 4.47. The number of methoxy groups -OCH3 is 1. The molecule has 1 aliphatic rings. The van der Waals surface area contributed by atoms with Crippen LogP contribution < -0.4 is 5.32 Å². The van der Waals surface area contributed by atoms with Gasteiger partial charge in [0.15, 0.2) is 0 Å². The van der Waals surface area contributed by atoms with E-state index >= 15 is 0 Å². The molecule has 0 amide bonds. The number of aromatic nitrogens is 1. The van der Waals surface area contributed by atoms with Crippen molar-refractivity contribution in [2.24, 2.45) is 0 Å². The average Bonchev–Trinajstić information content (AvgIpc) is 2.60. The molecular weight excluding hydrogens is 334 g/mol. The molecule has 1 N–H and O–H groups in total. The van der Waals surface area contributed by atoms with Gasteiger partial charge in [0.2, 0.25) is 0 Å². The predicted octanol–water partition coefficient (Wildman–Crippen LogP) is 1.59. The van der Waals surface area contributed by atoms with Crippen molar-refractivity contribution in [1.29, 1.82) is 0 Å². The maximum atomic E-state index is 12.8. The summed E-state index contributed by atoms with van der Waals surface area (Å²) >= 11 is 0. The van der Waals surface area contributed by atoms with Crippen molar-refractivity contribution >= 4 is 11.9 Å². The number of hydrogen-bond acceptors (Lipinski definition) is 7. The molecule has 140 valence electrons. The number of nitrogens with one attached hydrogen (secondary N) is 1. The molecule has 7 nitrogen and oxygen atoms in total. The quantitative estimate of drug-likeness (QED) is 0.773. The molecule has 1 unspecified atom stereocenters. The number of pyridine rings is 1. The molecule has 2 heterocycles. The summed E-state index contributed by atoms with van der Waals surface area (Å²) in [5, 5.41) is 3.11. The first-order valence-electron chi connectivity index (χ1n) is 8.35. The minimum atomic E-state index is -0.571. The van der Waals surface area contributed by atoms with Gasteiger partial charge in [-0.1, -0.05) is 0 Å². The zero-order valence-electron chi connectivity index (χ0n) is 15.8. The molecule has 0 aromatic carbocycles. The second-order valence-corrected chi connectivity index (χ2v) is 6.35. The van der Waals surface area contributed by atoms with Gasteiger partial charge in [-0.3, -0.25) is 4.98 Å². The maximum Gasteiger partial charge on any atom is 0.336 e. The van der Waals surface area contributed by atoms with E-state index in [2.05, 4.69) is 10.3 Å². The molecule has 26 heavy (non-hydrogen) atoms. The van der Waals surface area contributed by atoms with Gasteiger partial charge in [0.1, 0.15) is 6.61 Å². The van der Waals surface area contributed by atoms with E-state index in [9.17, 15) is 9.59 Å². The molecule has 0 radical (unpaired) electrons. The van der Waals surface area contributed by atoms with Crippen LogP contribution in [0.4, 0.5) is 0 Å². The Morgan fingerprint density at radius 1 is 1.12 bits per heavy atom. The number of carbonyl (C=O) groups excluding carboxylic acids is 2. The summed E-state index contributed by atoms with van der Waals surface area (Å²) in [5.74, 6) is -1.51. The Kier molecular flexibility index (Phi) is 6.52. The molecule has 1 aliphatic heterocycles. The van der Waals surface area contributed by atoms with Crippen molar-refractivity contribution in [3.8, 4) is 0 Å². The number of esters is 2. The third-order valence-corrected chi connectivity index (χ3v) is 4.20. The van der Waals surface area contributed by atoms with Crippen LogP contribution in [0.1, 0.15) is 25.3 Å². The van der Waals surface area contributed by atoms with Crippen LogP contribution in [0.5, 0.6) is 0 Å². The van der Waals surface area contributed by atoms with Crippen LogP contribution in [0.3, 0.4) is 0 Å². The summed E-state index contributed by atoms with van der Waals surface area (Å²) in [6, 6.07) is 3.57. The molecule has 0 fully saturated rings. The summed E-state index contributed by atoms with van der Waals surface area (Å²) < 4.78 is 10.4. The number of carbonyl (C=O) groups is 2. The molecule has 0 saturated heterocycles. The first kappa shape index (κ1) is 19.7. The van der Waals surface area contributed by atoms with Gasteiger partial charge < -0.3 is 19.7 Å². The third kappa shape index (κ3) is 4.29. The average molecular weight is 359 g/mol. The molecule has 1 atom stereocenters. The van der Waals surface area contributed by atoms with Crippen LogP contribution >= 0.6 is 0 Å². The fourth-order valence-corrected chi connectivity index (χ4v) is 2.93. The van der Waals surface area contributed by atoms with E-state index < -0.39 is 17.9 Å². The first-order chi connectivity index (χ1) is 12.4. The molecule has 1 aromatic rings. The number of hydrogen-bond donors (Lipinski definition) is 1. The van der Waals surface area contributed by atoms with E-state index in [1.165, 1.54) is 7.11 Å². The van der Waals surface area contributed by atoms with E-state index in [0.29, 0.717) is 29.1 Å². The Balaban J connectivity index is 2.45. The van der Waals surface area contributed by atoms with Gasteiger partial charge in [0.05, 0.1) is 24.2 Å². The smallest absolute Gasteiger partial charge is 0.336 e. The van der Waals surface area contributed by atoms with Gasteiger partial charge in [-0.25, -0.2) is 9.59 Å². The van der Waals surface area contributed by atoms with E-state index in [-0.39, 0.29) is 6.61 Å². The molecular formula is C19H25N3O4. The molecule has 7 heteroatoms. The topological polar surface area (TPSA) is 80.8 Å². The highest BCUT2D eigenvalue weighted by molar-refractivity contribution is 5.99. The normalized spacial score (nSPS) is 17.2. The minimum Gasteiger partial charge on any atom is -0.466 e. The highest BCUT2D eigenvalue weighted by atomic mass is 16.5. The van der Waals surface area contributed by atoms with E-state index in [4.69, 9.17) is 9.47 Å². The number of allylic oxidation sites excluding steroid dienone is 2.